The van der Waals surface area contributed by atoms with Gasteiger partial charge in [0.05, 0.1) is 11.2 Å². The molecule has 0 aliphatic rings. The Morgan fingerprint density at radius 3 is 2.70 bits per heavy atom. The highest BCUT2D eigenvalue weighted by molar-refractivity contribution is 7.80. The summed E-state index contributed by atoms with van der Waals surface area (Å²) >= 11 is 17.0. The van der Waals surface area contributed by atoms with Crippen molar-refractivity contribution in [2.45, 2.75) is 6.54 Å². The number of hydrogen-bond acceptors (Lipinski definition) is 3. The Hall–Kier alpha value is -1.82. The van der Waals surface area contributed by atoms with Crippen molar-refractivity contribution < 1.29 is 5.11 Å². The second kappa shape index (κ2) is 8.15. The molecule has 0 amide bonds. The fourth-order valence-corrected chi connectivity index (χ4v) is 2.40. The molecule has 0 bridgehead atoms. The van der Waals surface area contributed by atoms with Crippen LogP contribution in [0.25, 0.3) is 0 Å². The van der Waals surface area contributed by atoms with Gasteiger partial charge in [0, 0.05) is 24.2 Å². The molecule has 23 heavy (non-hydrogen) atoms. The number of rotatable bonds is 4. The molecule has 120 valence electrons. The summed E-state index contributed by atoms with van der Waals surface area (Å²) in [6.45, 7) is 0.605. The highest BCUT2D eigenvalue weighted by atomic mass is 35.5. The molecule has 0 aromatic heterocycles. The second-order valence-corrected chi connectivity index (χ2v) is 5.97. The second-order valence-electron chi connectivity index (χ2n) is 4.74. The number of halogens is 2. The minimum absolute atomic E-state index is 0.0728. The fourth-order valence-electron chi connectivity index (χ4n) is 1.77. The van der Waals surface area contributed by atoms with Crippen LogP contribution in [0.1, 0.15) is 11.1 Å². The average molecular weight is 368 g/mol. The van der Waals surface area contributed by atoms with Crippen molar-refractivity contribution in [3.05, 3.63) is 63.6 Å². The number of nitrogens with zero attached hydrogens (tertiary/aromatic N) is 2. The standard InChI is InChI=1S/C16H15Cl2N3OS/c1-21(16(23)19-9-11-5-3-2-4-6-11)20-10-12-7-13(17)8-14(18)15(12)22/h2-8,10,22H,9H2,1H3,(H,19,23)/b20-10+. The monoisotopic (exact) mass is 367 g/mol. The Labute approximate surface area is 150 Å². The van der Waals surface area contributed by atoms with Crippen molar-refractivity contribution in [3.8, 4) is 5.75 Å². The van der Waals surface area contributed by atoms with Gasteiger partial charge in [-0.05, 0) is 29.9 Å². The van der Waals surface area contributed by atoms with Crippen molar-refractivity contribution in [2.75, 3.05) is 7.05 Å². The van der Waals surface area contributed by atoms with Gasteiger partial charge in [0.1, 0.15) is 5.75 Å². The van der Waals surface area contributed by atoms with Gasteiger partial charge >= 0.3 is 0 Å². The Balaban J connectivity index is 1.98. The summed E-state index contributed by atoms with van der Waals surface area (Å²) in [4.78, 5) is 0. The minimum Gasteiger partial charge on any atom is -0.506 e. The summed E-state index contributed by atoms with van der Waals surface area (Å²) in [6, 6.07) is 12.9. The maximum atomic E-state index is 9.88. The molecular formula is C16H15Cl2N3OS. The normalized spacial score (nSPS) is 10.7. The van der Waals surface area contributed by atoms with E-state index in [9.17, 15) is 5.11 Å². The minimum atomic E-state index is -0.0728. The predicted octanol–water partition coefficient (Wildman–Crippen LogP) is 4.04. The van der Waals surface area contributed by atoms with Crippen molar-refractivity contribution in [1.82, 2.24) is 10.3 Å². The van der Waals surface area contributed by atoms with Crippen LogP contribution in [0.15, 0.2) is 47.6 Å². The maximum absolute atomic E-state index is 9.88. The zero-order chi connectivity index (χ0) is 16.8. The fraction of sp³-hybridized carbons (Fsp3) is 0.125. The first kappa shape index (κ1) is 17.5. The lowest BCUT2D eigenvalue weighted by atomic mass is 10.2. The smallest absolute Gasteiger partial charge is 0.189 e. The molecule has 0 aliphatic carbocycles. The lowest BCUT2D eigenvalue weighted by Crippen LogP contribution is -2.33. The van der Waals surface area contributed by atoms with Crippen molar-refractivity contribution in [3.63, 3.8) is 0 Å². The van der Waals surface area contributed by atoms with Crippen LogP contribution < -0.4 is 5.32 Å². The van der Waals surface area contributed by atoms with Gasteiger partial charge in [-0.3, -0.25) is 0 Å². The molecule has 2 aromatic rings. The van der Waals surface area contributed by atoms with Crippen LogP contribution in [0.4, 0.5) is 0 Å². The van der Waals surface area contributed by atoms with Gasteiger partial charge in [0.2, 0.25) is 0 Å². The number of aromatic hydroxyl groups is 1. The third-order valence-corrected chi connectivity index (χ3v) is 3.92. The lowest BCUT2D eigenvalue weighted by molar-refractivity contribution is 0.474. The summed E-state index contributed by atoms with van der Waals surface area (Å²) < 4.78 is 0. The third kappa shape index (κ3) is 5.10. The molecule has 2 rings (SSSR count). The van der Waals surface area contributed by atoms with Crippen LogP contribution >= 0.6 is 35.4 Å². The van der Waals surface area contributed by atoms with E-state index in [1.165, 1.54) is 17.3 Å². The van der Waals surface area contributed by atoms with Gasteiger partial charge in [0.25, 0.3) is 0 Å². The molecule has 0 saturated heterocycles. The lowest BCUT2D eigenvalue weighted by Gasteiger charge is -2.15. The number of hydrazone groups is 1. The maximum Gasteiger partial charge on any atom is 0.189 e. The van der Waals surface area contributed by atoms with Gasteiger partial charge in [-0.25, -0.2) is 5.01 Å². The van der Waals surface area contributed by atoms with E-state index in [0.29, 0.717) is 22.2 Å². The van der Waals surface area contributed by atoms with Crippen LogP contribution in [0, 0.1) is 0 Å². The molecule has 0 unspecified atom stereocenters. The van der Waals surface area contributed by atoms with Gasteiger partial charge < -0.3 is 10.4 Å². The predicted molar refractivity (Wildman–Crippen MR) is 99.4 cm³/mol. The number of thiocarbonyl (C=S) groups is 1. The summed E-state index contributed by atoms with van der Waals surface area (Å²) in [5.74, 6) is -0.0728. The topological polar surface area (TPSA) is 47.9 Å². The Morgan fingerprint density at radius 2 is 2.00 bits per heavy atom. The van der Waals surface area contributed by atoms with E-state index >= 15 is 0 Å². The highest BCUT2D eigenvalue weighted by Gasteiger charge is 2.07. The van der Waals surface area contributed by atoms with Gasteiger partial charge in [-0.15, -0.1) is 0 Å². The molecule has 0 radical (unpaired) electrons. The average Bonchev–Trinajstić information content (AvgIpc) is 2.55. The largest absolute Gasteiger partial charge is 0.506 e. The van der Waals surface area contributed by atoms with Crippen LogP contribution in [-0.2, 0) is 6.54 Å². The SMILES string of the molecule is CN(/N=C/c1cc(Cl)cc(Cl)c1O)C(=S)NCc1ccccc1. The van der Waals surface area contributed by atoms with Gasteiger partial charge in [-0.1, -0.05) is 53.5 Å². The number of phenols is 1. The molecule has 7 heteroatoms. The Morgan fingerprint density at radius 1 is 1.30 bits per heavy atom. The molecular weight excluding hydrogens is 353 g/mol. The first-order chi connectivity index (χ1) is 11.0. The zero-order valence-corrected chi connectivity index (χ0v) is 14.7. The Bertz CT molecular complexity index is 723. The quantitative estimate of drug-likeness (QED) is 0.486. The van der Waals surface area contributed by atoms with E-state index in [-0.39, 0.29) is 10.8 Å². The van der Waals surface area contributed by atoms with E-state index < -0.39 is 0 Å². The van der Waals surface area contributed by atoms with Crippen molar-refractivity contribution in [1.29, 1.82) is 0 Å². The zero-order valence-electron chi connectivity index (χ0n) is 12.3. The third-order valence-electron chi connectivity index (χ3n) is 3.01. The van der Waals surface area contributed by atoms with E-state index in [0.717, 1.165) is 5.56 Å². The number of phenolic OH excluding ortho intramolecular Hbond substituents is 1. The summed E-state index contributed by atoms with van der Waals surface area (Å²) in [5, 5.41) is 19.7. The molecule has 2 N–H and O–H groups in total. The summed E-state index contributed by atoms with van der Waals surface area (Å²) in [7, 11) is 1.71. The molecule has 0 atom stereocenters. The van der Waals surface area contributed by atoms with Crippen molar-refractivity contribution in [2.24, 2.45) is 5.10 Å². The Kier molecular flexibility index (Phi) is 6.21. The first-order valence-electron chi connectivity index (χ1n) is 6.75. The van der Waals surface area contributed by atoms with E-state index in [1.54, 1.807) is 13.1 Å². The van der Waals surface area contributed by atoms with Crippen molar-refractivity contribution >= 4 is 46.7 Å². The summed E-state index contributed by atoms with van der Waals surface area (Å²) in [5.41, 5.74) is 1.53. The van der Waals surface area contributed by atoms with Gasteiger partial charge in [-0.2, -0.15) is 5.10 Å². The molecule has 0 aliphatic heterocycles. The number of benzene rings is 2. The highest BCUT2D eigenvalue weighted by Crippen LogP contribution is 2.29. The van der Waals surface area contributed by atoms with Crippen LogP contribution in [0.5, 0.6) is 5.75 Å². The summed E-state index contributed by atoms with van der Waals surface area (Å²) in [6.07, 6.45) is 1.45. The number of nitrogens with one attached hydrogen (secondary N) is 1. The molecule has 0 heterocycles. The number of hydrogen-bond donors (Lipinski definition) is 2. The van der Waals surface area contributed by atoms with E-state index in [1.807, 2.05) is 30.3 Å². The van der Waals surface area contributed by atoms with Crippen LogP contribution in [-0.4, -0.2) is 28.5 Å². The van der Waals surface area contributed by atoms with Crippen LogP contribution in [0.3, 0.4) is 0 Å². The van der Waals surface area contributed by atoms with E-state index in [2.05, 4.69) is 10.4 Å². The van der Waals surface area contributed by atoms with Gasteiger partial charge in [0.15, 0.2) is 5.11 Å². The molecule has 0 spiro atoms. The molecule has 4 nitrogen and oxygen atoms in total. The molecule has 0 fully saturated rings. The van der Waals surface area contributed by atoms with Crippen LogP contribution in [0.2, 0.25) is 10.0 Å². The van der Waals surface area contributed by atoms with E-state index in [4.69, 9.17) is 35.4 Å². The molecule has 0 saturated carbocycles. The first-order valence-corrected chi connectivity index (χ1v) is 7.91. The molecule has 2 aromatic carbocycles.